The summed E-state index contributed by atoms with van der Waals surface area (Å²) in [6, 6.07) is 9.50. The van der Waals surface area contributed by atoms with E-state index in [1.54, 1.807) is 11.0 Å². The standard InChI is InChI=1S/C21H19N5O4S/c1-13-4-2-3-5-14(13)18-23-19(30-24-18)16-10-25(7-8-29-16)17(27)11-26-12-22-20-15(21(26)28)6-9-31-20/h2-6,9,12,16H,7-8,10-11H2,1H3. The number of thiophene rings is 1. The lowest BCUT2D eigenvalue weighted by atomic mass is 10.1. The molecular formula is C21H19N5O4S. The van der Waals surface area contributed by atoms with Gasteiger partial charge in [0.05, 0.1) is 24.9 Å². The Morgan fingerprint density at radius 1 is 1.29 bits per heavy atom. The normalized spacial score (nSPS) is 16.7. The van der Waals surface area contributed by atoms with Crippen LogP contribution in [0.2, 0.25) is 0 Å². The van der Waals surface area contributed by atoms with Crippen LogP contribution in [0.1, 0.15) is 17.6 Å². The van der Waals surface area contributed by atoms with Crippen molar-refractivity contribution in [2.24, 2.45) is 0 Å². The summed E-state index contributed by atoms with van der Waals surface area (Å²) >= 11 is 1.40. The van der Waals surface area contributed by atoms with Gasteiger partial charge in [-0.1, -0.05) is 29.4 Å². The second-order valence-corrected chi connectivity index (χ2v) is 8.18. The number of fused-ring (bicyclic) bond motifs is 1. The highest BCUT2D eigenvalue weighted by Gasteiger charge is 2.30. The Morgan fingerprint density at radius 3 is 3.03 bits per heavy atom. The summed E-state index contributed by atoms with van der Waals surface area (Å²) in [6.07, 6.45) is 0.904. The molecule has 4 aromatic rings. The van der Waals surface area contributed by atoms with Gasteiger partial charge in [0.2, 0.25) is 11.7 Å². The first-order valence-corrected chi connectivity index (χ1v) is 10.7. The molecule has 1 unspecified atom stereocenters. The van der Waals surface area contributed by atoms with Gasteiger partial charge in [0.25, 0.3) is 11.4 Å². The molecule has 0 bridgehead atoms. The van der Waals surface area contributed by atoms with E-state index < -0.39 is 6.10 Å². The minimum absolute atomic E-state index is 0.0807. The maximum Gasteiger partial charge on any atom is 0.262 e. The molecule has 1 aliphatic rings. The van der Waals surface area contributed by atoms with Crippen LogP contribution in [0.5, 0.6) is 0 Å². The molecule has 1 fully saturated rings. The van der Waals surface area contributed by atoms with Crippen molar-refractivity contribution >= 4 is 27.5 Å². The van der Waals surface area contributed by atoms with Crippen molar-refractivity contribution in [3.8, 4) is 11.4 Å². The fourth-order valence-corrected chi connectivity index (χ4v) is 4.30. The molecule has 0 saturated carbocycles. The predicted molar refractivity (Wildman–Crippen MR) is 114 cm³/mol. The number of morpholine rings is 1. The first-order valence-electron chi connectivity index (χ1n) is 9.82. The molecule has 1 amide bonds. The van der Waals surface area contributed by atoms with Crippen LogP contribution >= 0.6 is 11.3 Å². The van der Waals surface area contributed by atoms with Gasteiger partial charge in [0, 0.05) is 12.1 Å². The van der Waals surface area contributed by atoms with Crippen molar-refractivity contribution in [3.63, 3.8) is 0 Å². The summed E-state index contributed by atoms with van der Waals surface area (Å²) in [4.78, 5) is 36.5. The third-order valence-corrected chi connectivity index (χ3v) is 6.10. The second-order valence-electron chi connectivity index (χ2n) is 7.29. The van der Waals surface area contributed by atoms with Crippen LogP contribution in [-0.4, -0.2) is 50.2 Å². The smallest absolute Gasteiger partial charge is 0.262 e. The van der Waals surface area contributed by atoms with Crippen molar-refractivity contribution < 1.29 is 14.1 Å². The lowest BCUT2D eigenvalue weighted by Crippen LogP contribution is -2.44. The van der Waals surface area contributed by atoms with Crippen LogP contribution in [0.25, 0.3) is 21.6 Å². The van der Waals surface area contributed by atoms with Crippen LogP contribution in [0.4, 0.5) is 0 Å². The highest BCUT2D eigenvalue weighted by molar-refractivity contribution is 7.16. The largest absolute Gasteiger partial charge is 0.365 e. The van der Waals surface area contributed by atoms with Crippen LogP contribution in [0, 0.1) is 6.92 Å². The SMILES string of the molecule is Cc1ccccc1-c1noc(C2CN(C(=O)Cn3cnc4sccc4c3=O)CCO2)n1. The average Bonchev–Trinajstić information content (AvgIpc) is 3.46. The summed E-state index contributed by atoms with van der Waals surface area (Å²) in [5, 5.41) is 6.41. The van der Waals surface area contributed by atoms with Crippen molar-refractivity contribution in [1.82, 2.24) is 24.6 Å². The van der Waals surface area contributed by atoms with E-state index in [1.165, 1.54) is 22.2 Å². The molecule has 158 valence electrons. The third-order valence-electron chi connectivity index (χ3n) is 5.28. The van der Waals surface area contributed by atoms with Gasteiger partial charge in [0.1, 0.15) is 11.4 Å². The molecule has 31 heavy (non-hydrogen) atoms. The number of hydrogen-bond donors (Lipinski definition) is 0. The van der Waals surface area contributed by atoms with E-state index in [-0.39, 0.29) is 24.6 Å². The van der Waals surface area contributed by atoms with E-state index in [2.05, 4.69) is 15.1 Å². The number of hydrogen-bond acceptors (Lipinski definition) is 8. The minimum Gasteiger partial charge on any atom is -0.365 e. The van der Waals surface area contributed by atoms with Gasteiger partial charge in [-0.15, -0.1) is 11.3 Å². The number of rotatable bonds is 4. The molecule has 1 aliphatic heterocycles. The number of nitrogens with zero attached hydrogens (tertiary/aromatic N) is 5. The molecular weight excluding hydrogens is 418 g/mol. The van der Waals surface area contributed by atoms with Crippen molar-refractivity contribution in [2.45, 2.75) is 19.6 Å². The Morgan fingerprint density at radius 2 is 2.16 bits per heavy atom. The number of carbonyl (C=O) groups excluding carboxylic acids is 1. The van der Waals surface area contributed by atoms with Gasteiger partial charge in [-0.25, -0.2) is 4.98 Å². The molecule has 1 atom stereocenters. The Labute approximate surface area is 180 Å². The summed E-state index contributed by atoms with van der Waals surface area (Å²) in [6.45, 7) is 2.94. The maximum absolute atomic E-state index is 12.9. The van der Waals surface area contributed by atoms with E-state index in [9.17, 15) is 9.59 Å². The van der Waals surface area contributed by atoms with E-state index in [0.29, 0.717) is 35.1 Å². The lowest BCUT2D eigenvalue weighted by molar-refractivity contribution is -0.140. The number of aryl methyl sites for hydroxylation is 1. The van der Waals surface area contributed by atoms with Crippen LogP contribution < -0.4 is 5.56 Å². The van der Waals surface area contributed by atoms with Crippen molar-refractivity contribution in [1.29, 1.82) is 0 Å². The Kier molecular flexibility index (Phi) is 5.08. The van der Waals surface area contributed by atoms with E-state index >= 15 is 0 Å². The van der Waals surface area contributed by atoms with Crippen LogP contribution in [-0.2, 0) is 16.1 Å². The van der Waals surface area contributed by atoms with Crippen LogP contribution in [0.15, 0.2) is 51.4 Å². The molecule has 1 saturated heterocycles. The van der Waals surface area contributed by atoms with Gasteiger partial charge in [0.15, 0.2) is 6.10 Å². The summed E-state index contributed by atoms with van der Waals surface area (Å²) in [5.74, 6) is 0.626. The first kappa shape index (κ1) is 19.6. The van der Waals surface area contributed by atoms with E-state index in [4.69, 9.17) is 9.26 Å². The highest BCUT2D eigenvalue weighted by Crippen LogP contribution is 2.25. The van der Waals surface area contributed by atoms with Gasteiger partial charge < -0.3 is 14.2 Å². The zero-order valence-electron chi connectivity index (χ0n) is 16.7. The van der Waals surface area contributed by atoms with Gasteiger partial charge >= 0.3 is 0 Å². The molecule has 0 aliphatic carbocycles. The number of ether oxygens (including phenoxy) is 1. The number of aromatic nitrogens is 4. The molecule has 3 aromatic heterocycles. The number of amides is 1. The summed E-state index contributed by atoms with van der Waals surface area (Å²) in [5.41, 5.74) is 1.71. The zero-order chi connectivity index (χ0) is 21.4. The Balaban J connectivity index is 1.31. The monoisotopic (exact) mass is 437 g/mol. The predicted octanol–water partition coefficient (Wildman–Crippen LogP) is 2.42. The lowest BCUT2D eigenvalue weighted by Gasteiger charge is -2.31. The zero-order valence-corrected chi connectivity index (χ0v) is 17.5. The van der Waals surface area contributed by atoms with Gasteiger partial charge in [-0.2, -0.15) is 4.98 Å². The quantitative estimate of drug-likeness (QED) is 0.483. The third kappa shape index (κ3) is 3.75. The fourth-order valence-electron chi connectivity index (χ4n) is 3.58. The highest BCUT2D eigenvalue weighted by atomic mass is 32.1. The molecule has 1 aromatic carbocycles. The molecule has 5 rings (SSSR count). The second kappa shape index (κ2) is 8.05. The molecule has 10 heteroatoms. The first-order chi connectivity index (χ1) is 15.1. The van der Waals surface area contributed by atoms with Crippen LogP contribution in [0.3, 0.4) is 0 Å². The van der Waals surface area contributed by atoms with E-state index in [1.807, 2.05) is 36.6 Å². The van der Waals surface area contributed by atoms with Crippen molar-refractivity contribution in [3.05, 3.63) is 63.8 Å². The molecule has 0 radical (unpaired) electrons. The molecule has 9 nitrogen and oxygen atoms in total. The molecule has 0 spiro atoms. The summed E-state index contributed by atoms with van der Waals surface area (Å²) < 4.78 is 12.5. The van der Waals surface area contributed by atoms with Gasteiger partial charge in [-0.3, -0.25) is 14.2 Å². The van der Waals surface area contributed by atoms with Crippen molar-refractivity contribution in [2.75, 3.05) is 19.7 Å². The number of benzene rings is 1. The number of carbonyl (C=O) groups is 1. The Bertz CT molecular complexity index is 1310. The fraction of sp³-hybridized carbons (Fsp3) is 0.286. The topological polar surface area (TPSA) is 103 Å². The van der Waals surface area contributed by atoms with E-state index in [0.717, 1.165) is 11.1 Å². The van der Waals surface area contributed by atoms with Gasteiger partial charge in [-0.05, 0) is 23.9 Å². The average molecular weight is 437 g/mol. The molecule has 0 N–H and O–H groups in total. The Hall–Kier alpha value is -3.37. The maximum atomic E-state index is 12.9. The minimum atomic E-state index is -0.517. The molecule has 4 heterocycles. The summed E-state index contributed by atoms with van der Waals surface area (Å²) in [7, 11) is 0.